The summed E-state index contributed by atoms with van der Waals surface area (Å²) in [6.45, 7) is 5.73. The van der Waals surface area contributed by atoms with Gasteiger partial charge in [0.1, 0.15) is 5.52 Å². The van der Waals surface area contributed by atoms with Gasteiger partial charge in [-0.1, -0.05) is 32.0 Å². The summed E-state index contributed by atoms with van der Waals surface area (Å²) in [4.78, 5) is 16.5. The molecule has 0 aliphatic rings. The number of para-hydroxylation sites is 1. The molecule has 112 valence electrons. The van der Waals surface area contributed by atoms with E-state index in [9.17, 15) is 4.79 Å². The van der Waals surface area contributed by atoms with Crippen LogP contribution < -0.4 is 5.32 Å². The van der Waals surface area contributed by atoms with Gasteiger partial charge in [-0.15, -0.1) is 0 Å². The Hall–Kier alpha value is -2.62. The van der Waals surface area contributed by atoms with Gasteiger partial charge in [-0.25, -0.2) is 4.98 Å². The van der Waals surface area contributed by atoms with E-state index in [1.807, 2.05) is 63.2 Å². The lowest BCUT2D eigenvalue weighted by Crippen LogP contribution is -2.18. The summed E-state index contributed by atoms with van der Waals surface area (Å²) in [6, 6.07) is 13.4. The topological polar surface area (TPSA) is 55.1 Å². The van der Waals surface area contributed by atoms with Gasteiger partial charge in [-0.05, 0) is 36.8 Å². The molecule has 0 fully saturated rings. The van der Waals surface area contributed by atoms with Gasteiger partial charge < -0.3 is 9.73 Å². The minimum absolute atomic E-state index is 0.0283. The zero-order valence-corrected chi connectivity index (χ0v) is 12.9. The Morgan fingerprint density at radius 1 is 1.18 bits per heavy atom. The largest absolute Gasteiger partial charge is 0.436 e. The van der Waals surface area contributed by atoms with E-state index in [0.717, 1.165) is 22.2 Å². The molecule has 1 amide bonds. The van der Waals surface area contributed by atoms with E-state index in [1.54, 1.807) is 0 Å². The van der Waals surface area contributed by atoms with Crippen molar-refractivity contribution in [1.82, 2.24) is 4.98 Å². The first-order valence-electron chi connectivity index (χ1n) is 7.32. The number of hydrogen-bond acceptors (Lipinski definition) is 3. The summed E-state index contributed by atoms with van der Waals surface area (Å²) >= 11 is 0. The minimum atomic E-state index is -0.0839. The zero-order valence-electron chi connectivity index (χ0n) is 12.9. The van der Waals surface area contributed by atoms with Crippen LogP contribution in [0.25, 0.3) is 22.6 Å². The van der Waals surface area contributed by atoms with E-state index in [-0.39, 0.29) is 11.8 Å². The lowest BCUT2D eigenvalue weighted by atomic mass is 10.1. The van der Waals surface area contributed by atoms with Gasteiger partial charge in [-0.3, -0.25) is 4.79 Å². The van der Waals surface area contributed by atoms with Crippen molar-refractivity contribution in [3.8, 4) is 11.5 Å². The van der Waals surface area contributed by atoms with Gasteiger partial charge >= 0.3 is 0 Å². The lowest BCUT2D eigenvalue weighted by molar-refractivity contribution is -0.118. The Morgan fingerprint density at radius 2 is 1.95 bits per heavy atom. The SMILES string of the molecule is Cc1ccc2nc(-c3ccccc3NC(=O)C(C)C)oc2c1. The first-order chi connectivity index (χ1) is 10.5. The van der Waals surface area contributed by atoms with Crippen LogP contribution >= 0.6 is 0 Å². The maximum absolute atomic E-state index is 12.0. The summed E-state index contributed by atoms with van der Waals surface area (Å²) < 4.78 is 5.86. The molecule has 0 aliphatic carbocycles. The molecule has 0 bridgehead atoms. The van der Waals surface area contributed by atoms with Crippen LogP contribution in [0.3, 0.4) is 0 Å². The monoisotopic (exact) mass is 294 g/mol. The number of nitrogens with zero attached hydrogens (tertiary/aromatic N) is 1. The number of carbonyl (C=O) groups is 1. The second-order valence-corrected chi connectivity index (χ2v) is 5.68. The van der Waals surface area contributed by atoms with Gasteiger partial charge in [0.25, 0.3) is 0 Å². The molecular weight excluding hydrogens is 276 g/mol. The highest BCUT2D eigenvalue weighted by Crippen LogP contribution is 2.30. The standard InChI is InChI=1S/C18H18N2O2/c1-11(2)17(21)19-14-7-5-4-6-13(14)18-20-15-9-8-12(3)10-16(15)22-18/h4-11H,1-3H3,(H,19,21). The van der Waals surface area contributed by atoms with Gasteiger partial charge in [0.2, 0.25) is 11.8 Å². The summed E-state index contributed by atoms with van der Waals surface area (Å²) in [5.41, 5.74) is 4.18. The quantitative estimate of drug-likeness (QED) is 0.779. The Morgan fingerprint density at radius 3 is 2.73 bits per heavy atom. The third-order valence-electron chi connectivity index (χ3n) is 3.48. The number of benzene rings is 2. The highest BCUT2D eigenvalue weighted by atomic mass is 16.3. The highest BCUT2D eigenvalue weighted by molar-refractivity contribution is 5.96. The third kappa shape index (κ3) is 2.72. The first-order valence-corrected chi connectivity index (χ1v) is 7.32. The molecule has 4 heteroatoms. The minimum Gasteiger partial charge on any atom is -0.436 e. The Balaban J connectivity index is 2.04. The van der Waals surface area contributed by atoms with Crippen molar-refractivity contribution in [2.75, 3.05) is 5.32 Å². The number of carbonyl (C=O) groups excluding carboxylic acids is 1. The number of aromatic nitrogens is 1. The van der Waals surface area contributed by atoms with Crippen LogP contribution in [0.5, 0.6) is 0 Å². The highest BCUT2D eigenvalue weighted by Gasteiger charge is 2.15. The number of rotatable bonds is 3. The molecule has 1 N–H and O–H groups in total. The van der Waals surface area contributed by atoms with Gasteiger partial charge in [0.05, 0.1) is 11.3 Å². The van der Waals surface area contributed by atoms with Crippen LogP contribution in [0.4, 0.5) is 5.69 Å². The molecule has 0 saturated carbocycles. The molecule has 1 aromatic heterocycles. The summed E-state index contributed by atoms with van der Waals surface area (Å²) in [7, 11) is 0. The van der Waals surface area contributed by atoms with Gasteiger partial charge in [0, 0.05) is 5.92 Å². The lowest BCUT2D eigenvalue weighted by Gasteiger charge is -2.10. The number of oxazole rings is 1. The van der Waals surface area contributed by atoms with Crippen LogP contribution in [-0.4, -0.2) is 10.9 Å². The van der Waals surface area contributed by atoms with Crippen molar-refractivity contribution in [1.29, 1.82) is 0 Å². The molecule has 3 rings (SSSR count). The molecule has 0 radical (unpaired) electrons. The Bertz CT molecular complexity index is 834. The van der Waals surface area contributed by atoms with E-state index in [1.165, 1.54) is 0 Å². The van der Waals surface area contributed by atoms with E-state index in [4.69, 9.17) is 4.42 Å². The van der Waals surface area contributed by atoms with Crippen LogP contribution in [0.2, 0.25) is 0 Å². The normalized spacial score (nSPS) is 11.1. The molecular formula is C18H18N2O2. The predicted molar refractivity (Wildman–Crippen MR) is 87.6 cm³/mol. The molecule has 0 unspecified atom stereocenters. The van der Waals surface area contributed by atoms with Crippen molar-refractivity contribution < 1.29 is 9.21 Å². The number of anilines is 1. The summed E-state index contributed by atoms with van der Waals surface area (Å²) in [5, 5.41) is 2.93. The third-order valence-corrected chi connectivity index (χ3v) is 3.48. The molecule has 0 spiro atoms. The fourth-order valence-electron chi connectivity index (χ4n) is 2.20. The fourth-order valence-corrected chi connectivity index (χ4v) is 2.20. The number of aryl methyl sites for hydroxylation is 1. The van der Waals surface area contributed by atoms with E-state index >= 15 is 0 Å². The van der Waals surface area contributed by atoms with Crippen molar-refractivity contribution in [3.63, 3.8) is 0 Å². The second-order valence-electron chi connectivity index (χ2n) is 5.68. The summed E-state index contributed by atoms with van der Waals surface area (Å²) in [5.74, 6) is 0.402. The average molecular weight is 294 g/mol. The van der Waals surface area contributed by atoms with E-state index in [0.29, 0.717) is 11.6 Å². The van der Waals surface area contributed by atoms with Crippen LogP contribution in [0.1, 0.15) is 19.4 Å². The summed E-state index contributed by atoms with van der Waals surface area (Å²) in [6.07, 6.45) is 0. The van der Waals surface area contributed by atoms with Crippen molar-refractivity contribution in [2.24, 2.45) is 5.92 Å². The maximum Gasteiger partial charge on any atom is 0.229 e. The fraction of sp³-hybridized carbons (Fsp3) is 0.222. The van der Waals surface area contributed by atoms with Gasteiger partial charge in [-0.2, -0.15) is 0 Å². The number of fused-ring (bicyclic) bond motifs is 1. The number of nitrogens with one attached hydrogen (secondary N) is 1. The first kappa shape index (κ1) is 14.3. The molecule has 22 heavy (non-hydrogen) atoms. The smallest absolute Gasteiger partial charge is 0.229 e. The molecule has 0 aliphatic heterocycles. The molecule has 3 aromatic rings. The predicted octanol–water partition coefficient (Wildman–Crippen LogP) is 4.40. The van der Waals surface area contributed by atoms with E-state index < -0.39 is 0 Å². The van der Waals surface area contributed by atoms with Crippen molar-refractivity contribution >= 4 is 22.7 Å². The molecule has 4 nitrogen and oxygen atoms in total. The number of hydrogen-bond donors (Lipinski definition) is 1. The molecule has 0 saturated heterocycles. The zero-order chi connectivity index (χ0) is 15.7. The molecule has 0 atom stereocenters. The Labute approximate surface area is 129 Å². The van der Waals surface area contributed by atoms with Gasteiger partial charge in [0.15, 0.2) is 5.58 Å². The van der Waals surface area contributed by atoms with Crippen molar-refractivity contribution in [2.45, 2.75) is 20.8 Å². The second kappa shape index (κ2) is 5.64. The van der Waals surface area contributed by atoms with Crippen LogP contribution in [-0.2, 0) is 4.79 Å². The Kier molecular flexibility index (Phi) is 3.67. The van der Waals surface area contributed by atoms with E-state index in [2.05, 4.69) is 10.3 Å². The van der Waals surface area contributed by atoms with Crippen LogP contribution in [0.15, 0.2) is 46.9 Å². The van der Waals surface area contributed by atoms with Crippen molar-refractivity contribution in [3.05, 3.63) is 48.0 Å². The number of amides is 1. The molecule has 1 heterocycles. The molecule has 2 aromatic carbocycles. The maximum atomic E-state index is 12.0. The average Bonchev–Trinajstić information content (AvgIpc) is 2.90. The van der Waals surface area contributed by atoms with Crippen LogP contribution in [0, 0.1) is 12.8 Å².